The van der Waals surface area contributed by atoms with Gasteiger partial charge in [0.1, 0.15) is 5.82 Å². The van der Waals surface area contributed by atoms with Crippen LogP contribution >= 0.6 is 11.3 Å². The Balaban J connectivity index is 2.10. The Morgan fingerprint density at radius 3 is 3.14 bits per heavy atom. The third-order valence-corrected chi connectivity index (χ3v) is 2.91. The molecule has 0 saturated heterocycles. The number of nitrogens with zero attached hydrogens (tertiary/aromatic N) is 1. The molecule has 3 N–H and O–H groups in total. The number of aromatic nitrogens is 2. The summed E-state index contributed by atoms with van der Waals surface area (Å²) in [6, 6.07) is 4.10. The Hall–Kier alpha value is -1.13. The molecule has 0 radical (unpaired) electrons. The molecular weight excluding hydrogens is 194 g/mol. The van der Waals surface area contributed by atoms with Gasteiger partial charge in [0.25, 0.3) is 0 Å². The molecule has 0 aliphatic carbocycles. The second-order valence-corrected chi connectivity index (χ2v) is 4.07. The van der Waals surface area contributed by atoms with Crippen LogP contribution in [-0.2, 0) is 6.42 Å². The zero-order valence-electron chi connectivity index (χ0n) is 7.86. The van der Waals surface area contributed by atoms with Crippen molar-refractivity contribution >= 4 is 11.3 Å². The van der Waals surface area contributed by atoms with Gasteiger partial charge in [-0.25, -0.2) is 4.98 Å². The number of rotatable bonds is 4. The van der Waals surface area contributed by atoms with E-state index in [0.717, 1.165) is 25.2 Å². The summed E-state index contributed by atoms with van der Waals surface area (Å²) in [5.41, 5.74) is 6.61. The summed E-state index contributed by atoms with van der Waals surface area (Å²) in [6.07, 6.45) is 3.88. The fraction of sp³-hybridized carbons (Fsp3) is 0.300. The largest absolute Gasteiger partial charge is 0.341 e. The van der Waals surface area contributed by atoms with Crippen molar-refractivity contribution in [2.75, 3.05) is 6.54 Å². The van der Waals surface area contributed by atoms with Crippen molar-refractivity contribution in [2.24, 2.45) is 5.73 Å². The van der Waals surface area contributed by atoms with Gasteiger partial charge in [-0.3, -0.25) is 0 Å². The van der Waals surface area contributed by atoms with E-state index in [1.165, 1.54) is 10.6 Å². The highest BCUT2D eigenvalue weighted by Gasteiger charge is 2.03. The van der Waals surface area contributed by atoms with E-state index in [2.05, 4.69) is 21.4 Å². The van der Waals surface area contributed by atoms with Crippen molar-refractivity contribution in [3.63, 3.8) is 0 Å². The normalized spacial score (nSPS) is 10.6. The van der Waals surface area contributed by atoms with E-state index in [0.29, 0.717) is 0 Å². The lowest BCUT2D eigenvalue weighted by Gasteiger charge is -1.93. The minimum Gasteiger partial charge on any atom is -0.341 e. The predicted molar refractivity (Wildman–Crippen MR) is 59.3 cm³/mol. The van der Waals surface area contributed by atoms with Gasteiger partial charge >= 0.3 is 0 Å². The van der Waals surface area contributed by atoms with E-state index in [1.807, 2.05) is 12.3 Å². The molecule has 2 aromatic heterocycles. The summed E-state index contributed by atoms with van der Waals surface area (Å²) in [6.45, 7) is 0.730. The van der Waals surface area contributed by atoms with Crippen LogP contribution in [0.1, 0.15) is 12.1 Å². The molecule has 2 rings (SSSR count). The third-order valence-electron chi connectivity index (χ3n) is 2.03. The molecule has 74 valence electrons. The van der Waals surface area contributed by atoms with Crippen molar-refractivity contribution in [1.82, 2.24) is 9.97 Å². The highest BCUT2D eigenvalue weighted by molar-refractivity contribution is 7.13. The molecule has 14 heavy (non-hydrogen) atoms. The van der Waals surface area contributed by atoms with Crippen molar-refractivity contribution in [3.8, 4) is 10.7 Å². The second kappa shape index (κ2) is 4.39. The Bertz CT molecular complexity index is 378. The molecule has 0 aliphatic rings. The van der Waals surface area contributed by atoms with Gasteiger partial charge in [0, 0.05) is 11.9 Å². The molecule has 0 saturated carbocycles. The van der Waals surface area contributed by atoms with Crippen LogP contribution in [-0.4, -0.2) is 16.5 Å². The van der Waals surface area contributed by atoms with Crippen LogP contribution in [0.5, 0.6) is 0 Å². The van der Waals surface area contributed by atoms with E-state index >= 15 is 0 Å². The Morgan fingerprint density at radius 1 is 1.50 bits per heavy atom. The third kappa shape index (κ3) is 2.02. The van der Waals surface area contributed by atoms with Crippen molar-refractivity contribution in [1.29, 1.82) is 0 Å². The lowest BCUT2D eigenvalue weighted by Crippen LogP contribution is -2.00. The highest BCUT2D eigenvalue weighted by Crippen LogP contribution is 2.21. The van der Waals surface area contributed by atoms with E-state index < -0.39 is 0 Å². The van der Waals surface area contributed by atoms with Crippen LogP contribution in [0.15, 0.2) is 23.7 Å². The van der Waals surface area contributed by atoms with Crippen molar-refractivity contribution in [2.45, 2.75) is 12.8 Å². The van der Waals surface area contributed by atoms with Crippen molar-refractivity contribution in [3.05, 3.63) is 29.4 Å². The number of H-pyrrole nitrogens is 1. The fourth-order valence-corrected chi connectivity index (χ4v) is 1.99. The summed E-state index contributed by atoms with van der Waals surface area (Å²) < 4.78 is 0. The number of imidazole rings is 1. The molecule has 4 heteroatoms. The first-order valence-corrected chi connectivity index (χ1v) is 5.56. The number of aryl methyl sites for hydroxylation is 1. The first kappa shape index (κ1) is 9.43. The Kier molecular flexibility index (Phi) is 2.96. The van der Waals surface area contributed by atoms with Gasteiger partial charge in [0.15, 0.2) is 0 Å². The number of hydrogen-bond donors (Lipinski definition) is 2. The van der Waals surface area contributed by atoms with Crippen LogP contribution in [0.25, 0.3) is 10.7 Å². The molecule has 0 aliphatic heterocycles. The second-order valence-electron chi connectivity index (χ2n) is 3.13. The van der Waals surface area contributed by atoms with Gasteiger partial charge in [-0.1, -0.05) is 6.07 Å². The van der Waals surface area contributed by atoms with Gasteiger partial charge in [-0.2, -0.15) is 0 Å². The SMILES string of the molecule is NCCCc1cnc(-c2cccs2)[nH]1. The van der Waals surface area contributed by atoms with Crippen LogP contribution in [0.3, 0.4) is 0 Å². The van der Waals surface area contributed by atoms with Gasteiger partial charge in [-0.05, 0) is 30.8 Å². The van der Waals surface area contributed by atoms with Gasteiger partial charge in [0.05, 0.1) is 4.88 Å². The zero-order valence-corrected chi connectivity index (χ0v) is 8.68. The first-order chi connectivity index (χ1) is 6.90. The fourth-order valence-electron chi connectivity index (χ4n) is 1.32. The standard InChI is InChI=1S/C10H13N3S/c11-5-1-3-8-7-12-10(13-8)9-4-2-6-14-9/h2,4,6-7H,1,3,5,11H2,(H,12,13). The van der Waals surface area contributed by atoms with Crippen molar-refractivity contribution < 1.29 is 0 Å². The van der Waals surface area contributed by atoms with Gasteiger partial charge < -0.3 is 10.7 Å². The zero-order chi connectivity index (χ0) is 9.80. The monoisotopic (exact) mass is 207 g/mol. The summed E-state index contributed by atoms with van der Waals surface area (Å²) in [7, 11) is 0. The van der Waals surface area contributed by atoms with Crippen LogP contribution < -0.4 is 5.73 Å². The molecule has 0 atom stereocenters. The molecule has 0 bridgehead atoms. The molecule has 0 fully saturated rings. The molecule has 0 spiro atoms. The predicted octanol–water partition coefficient (Wildman–Crippen LogP) is 2.03. The number of nitrogens with one attached hydrogen (secondary N) is 1. The van der Waals surface area contributed by atoms with Crippen LogP contribution in [0.2, 0.25) is 0 Å². The van der Waals surface area contributed by atoms with Gasteiger partial charge in [-0.15, -0.1) is 11.3 Å². The van der Waals surface area contributed by atoms with E-state index in [4.69, 9.17) is 5.73 Å². The molecular formula is C10H13N3S. The Morgan fingerprint density at radius 2 is 2.43 bits per heavy atom. The molecule has 2 heterocycles. The molecule has 0 aromatic carbocycles. The lowest BCUT2D eigenvalue weighted by atomic mass is 10.2. The maximum absolute atomic E-state index is 5.45. The Labute approximate surface area is 87.0 Å². The minimum absolute atomic E-state index is 0.730. The molecule has 2 aromatic rings. The average Bonchev–Trinajstić information content (AvgIpc) is 2.85. The number of nitrogens with two attached hydrogens (primary N) is 1. The summed E-state index contributed by atoms with van der Waals surface area (Å²) in [5.74, 6) is 0.965. The van der Waals surface area contributed by atoms with Crippen LogP contribution in [0, 0.1) is 0 Å². The van der Waals surface area contributed by atoms with E-state index in [1.54, 1.807) is 11.3 Å². The minimum atomic E-state index is 0.730. The van der Waals surface area contributed by atoms with Gasteiger partial charge in [0.2, 0.25) is 0 Å². The van der Waals surface area contributed by atoms with E-state index in [9.17, 15) is 0 Å². The number of hydrogen-bond acceptors (Lipinski definition) is 3. The average molecular weight is 207 g/mol. The lowest BCUT2D eigenvalue weighted by molar-refractivity contribution is 0.816. The van der Waals surface area contributed by atoms with E-state index in [-0.39, 0.29) is 0 Å². The molecule has 3 nitrogen and oxygen atoms in total. The topological polar surface area (TPSA) is 54.7 Å². The summed E-state index contributed by atoms with van der Waals surface area (Å²) in [4.78, 5) is 8.80. The maximum Gasteiger partial charge on any atom is 0.147 e. The maximum atomic E-state index is 5.45. The summed E-state index contributed by atoms with van der Waals surface area (Å²) in [5, 5.41) is 2.05. The smallest absolute Gasteiger partial charge is 0.147 e. The number of thiophene rings is 1. The first-order valence-electron chi connectivity index (χ1n) is 4.68. The molecule has 0 amide bonds. The molecule has 0 unspecified atom stereocenters. The summed E-state index contributed by atoms with van der Waals surface area (Å²) >= 11 is 1.69. The highest BCUT2D eigenvalue weighted by atomic mass is 32.1. The number of aromatic amines is 1. The quantitative estimate of drug-likeness (QED) is 0.806. The van der Waals surface area contributed by atoms with Crippen LogP contribution in [0.4, 0.5) is 0 Å².